The van der Waals surface area contributed by atoms with Crippen molar-refractivity contribution in [3.63, 3.8) is 0 Å². The topological polar surface area (TPSA) is 90.9 Å². The van der Waals surface area contributed by atoms with E-state index in [4.69, 9.17) is 0 Å². The molecule has 2 aromatic carbocycles. The molecule has 1 aliphatic carbocycles. The van der Waals surface area contributed by atoms with Crippen LogP contribution in [0.25, 0.3) is 0 Å². The summed E-state index contributed by atoms with van der Waals surface area (Å²) in [6.45, 7) is 0.316. The predicted octanol–water partition coefficient (Wildman–Crippen LogP) is 2.70. The van der Waals surface area contributed by atoms with Crippen molar-refractivity contribution in [2.75, 3.05) is 5.32 Å². The maximum Gasteiger partial charge on any atom is 0.271 e. The Labute approximate surface area is 168 Å². The number of anilines is 1. The van der Waals surface area contributed by atoms with Gasteiger partial charge in [-0.1, -0.05) is 42.5 Å². The van der Waals surface area contributed by atoms with E-state index in [0.29, 0.717) is 17.8 Å². The molecule has 1 saturated carbocycles. The zero-order valence-electron chi connectivity index (χ0n) is 15.9. The largest absolute Gasteiger partial charge is 0.349 e. The summed E-state index contributed by atoms with van der Waals surface area (Å²) in [4.78, 5) is 37.4. The summed E-state index contributed by atoms with van der Waals surface area (Å²) < 4.78 is 0. The van der Waals surface area contributed by atoms with Gasteiger partial charge in [0.1, 0.15) is 5.71 Å². The van der Waals surface area contributed by atoms with Gasteiger partial charge in [0.25, 0.3) is 11.8 Å². The van der Waals surface area contributed by atoms with Crippen molar-refractivity contribution >= 4 is 29.1 Å². The maximum absolute atomic E-state index is 12.8. The quantitative estimate of drug-likeness (QED) is 0.795. The smallest absolute Gasteiger partial charge is 0.271 e. The highest BCUT2D eigenvalue weighted by atomic mass is 16.2. The highest BCUT2D eigenvalue weighted by Gasteiger charge is 2.27. The summed E-state index contributed by atoms with van der Waals surface area (Å²) in [5.74, 6) is -0.716. The summed E-state index contributed by atoms with van der Waals surface area (Å²) in [7, 11) is 0. The molecule has 29 heavy (non-hydrogen) atoms. The number of para-hydroxylation sites is 1. The van der Waals surface area contributed by atoms with Gasteiger partial charge in [0.15, 0.2) is 0 Å². The van der Waals surface area contributed by atoms with Crippen molar-refractivity contribution in [3.05, 3.63) is 65.7 Å². The van der Waals surface area contributed by atoms with E-state index in [-0.39, 0.29) is 36.4 Å². The van der Waals surface area contributed by atoms with Crippen LogP contribution in [0.15, 0.2) is 59.7 Å². The molecule has 2 N–H and O–H groups in total. The average molecular weight is 390 g/mol. The molecule has 0 spiro atoms. The third kappa shape index (κ3) is 4.68. The van der Waals surface area contributed by atoms with Gasteiger partial charge in [-0.05, 0) is 30.5 Å². The van der Waals surface area contributed by atoms with Crippen LogP contribution in [0.1, 0.15) is 41.6 Å². The van der Waals surface area contributed by atoms with Crippen LogP contribution in [0.2, 0.25) is 0 Å². The van der Waals surface area contributed by atoms with Gasteiger partial charge in [0, 0.05) is 18.9 Å². The molecule has 0 bridgehead atoms. The number of carbonyl (C=O) groups is 3. The molecule has 1 fully saturated rings. The van der Waals surface area contributed by atoms with E-state index in [1.54, 1.807) is 24.3 Å². The first-order valence-electron chi connectivity index (χ1n) is 9.73. The molecule has 2 aliphatic rings. The van der Waals surface area contributed by atoms with Crippen LogP contribution < -0.4 is 10.6 Å². The normalized spacial score (nSPS) is 16.2. The summed E-state index contributed by atoms with van der Waals surface area (Å²) in [5, 5.41) is 11.3. The average Bonchev–Trinajstić information content (AvgIpc) is 3.54. The Morgan fingerprint density at radius 1 is 0.966 bits per heavy atom. The second kappa shape index (κ2) is 8.26. The van der Waals surface area contributed by atoms with E-state index < -0.39 is 5.91 Å². The van der Waals surface area contributed by atoms with Crippen LogP contribution >= 0.6 is 0 Å². The second-order valence-electron chi connectivity index (χ2n) is 7.23. The molecule has 7 heteroatoms. The highest BCUT2D eigenvalue weighted by Crippen LogP contribution is 2.22. The zero-order chi connectivity index (χ0) is 20.2. The van der Waals surface area contributed by atoms with Gasteiger partial charge in [0.2, 0.25) is 5.91 Å². The number of hydrogen-bond donors (Lipinski definition) is 2. The predicted molar refractivity (Wildman–Crippen MR) is 109 cm³/mol. The van der Waals surface area contributed by atoms with E-state index in [1.807, 2.05) is 30.3 Å². The Kier molecular flexibility index (Phi) is 5.37. The van der Waals surface area contributed by atoms with Crippen LogP contribution in [0.5, 0.6) is 0 Å². The Hall–Kier alpha value is -3.48. The SMILES string of the molecule is O=C(Nc1ccccc1C(=O)NC1CC1)C1=NN(Cc2ccccc2)C(=O)CC1. The zero-order valence-corrected chi connectivity index (χ0v) is 15.9. The van der Waals surface area contributed by atoms with Gasteiger partial charge >= 0.3 is 0 Å². The third-order valence-corrected chi connectivity index (χ3v) is 4.87. The van der Waals surface area contributed by atoms with Gasteiger partial charge in [-0.2, -0.15) is 5.10 Å². The Bertz CT molecular complexity index is 967. The van der Waals surface area contributed by atoms with Crippen molar-refractivity contribution in [2.24, 2.45) is 5.10 Å². The monoisotopic (exact) mass is 390 g/mol. The number of hydrazone groups is 1. The first-order valence-corrected chi connectivity index (χ1v) is 9.73. The van der Waals surface area contributed by atoms with Crippen LogP contribution in [0.3, 0.4) is 0 Å². The molecular formula is C22H22N4O3. The van der Waals surface area contributed by atoms with Crippen molar-refractivity contribution in [3.8, 4) is 0 Å². The lowest BCUT2D eigenvalue weighted by Crippen LogP contribution is -2.36. The van der Waals surface area contributed by atoms with Crippen LogP contribution in [-0.2, 0) is 16.1 Å². The number of nitrogens with zero attached hydrogens (tertiary/aromatic N) is 2. The molecule has 148 valence electrons. The van der Waals surface area contributed by atoms with Crippen molar-refractivity contribution in [1.29, 1.82) is 0 Å². The molecular weight excluding hydrogens is 368 g/mol. The molecule has 1 heterocycles. The Morgan fingerprint density at radius 3 is 2.45 bits per heavy atom. The Morgan fingerprint density at radius 2 is 1.69 bits per heavy atom. The molecule has 0 atom stereocenters. The van der Waals surface area contributed by atoms with Gasteiger partial charge in [-0.3, -0.25) is 14.4 Å². The first-order chi connectivity index (χ1) is 14.1. The summed E-state index contributed by atoms with van der Waals surface area (Å²) >= 11 is 0. The number of amides is 3. The summed E-state index contributed by atoms with van der Waals surface area (Å²) in [6.07, 6.45) is 2.47. The molecule has 7 nitrogen and oxygen atoms in total. The van der Waals surface area contributed by atoms with Crippen LogP contribution in [-0.4, -0.2) is 34.5 Å². The molecule has 0 saturated heterocycles. The number of nitrogens with one attached hydrogen (secondary N) is 2. The van der Waals surface area contributed by atoms with E-state index in [9.17, 15) is 14.4 Å². The van der Waals surface area contributed by atoms with Gasteiger partial charge in [-0.15, -0.1) is 0 Å². The first kappa shape index (κ1) is 18.9. The maximum atomic E-state index is 12.8. The minimum Gasteiger partial charge on any atom is -0.349 e. The van der Waals surface area contributed by atoms with Gasteiger partial charge in [-0.25, -0.2) is 5.01 Å². The molecule has 0 unspecified atom stereocenters. The minimum atomic E-state index is -0.401. The standard InChI is InChI=1S/C22H22N4O3/c27-20-13-12-19(25-26(20)14-15-6-2-1-3-7-15)22(29)24-18-9-5-4-8-17(18)21(28)23-16-10-11-16/h1-9,16H,10-14H2,(H,23,28)(H,24,29). The lowest BCUT2D eigenvalue weighted by molar-refractivity contribution is -0.132. The van der Waals surface area contributed by atoms with E-state index in [0.717, 1.165) is 18.4 Å². The fourth-order valence-electron chi connectivity index (χ4n) is 3.12. The van der Waals surface area contributed by atoms with E-state index >= 15 is 0 Å². The molecule has 1 aliphatic heterocycles. The van der Waals surface area contributed by atoms with Gasteiger partial charge < -0.3 is 10.6 Å². The number of benzene rings is 2. The molecule has 2 aromatic rings. The lowest BCUT2D eigenvalue weighted by atomic mass is 10.1. The second-order valence-corrected chi connectivity index (χ2v) is 7.23. The van der Waals surface area contributed by atoms with E-state index in [2.05, 4.69) is 15.7 Å². The molecule has 0 radical (unpaired) electrons. The number of carbonyl (C=O) groups excluding carboxylic acids is 3. The van der Waals surface area contributed by atoms with Crippen molar-refractivity contribution in [1.82, 2.24) is 10.3 Å². The Balaban J connectivity index is 1.48. The lowest BCUT2D eigenvalue weighted by Gasteiger charge is -2.23. The molecule has 3 amide bonds. The van der Waals surface area contributed by atoms with Crippen LogP contribution in [0, 0.1) is 0 Å². The van der Waals surface area contributed by atoms with Crippen LogP contribution in [0.4, 0.5) is 5.69 Å². The summed E-state index contributed by atoms with van der Waals surface area (Å²) in [5.41, 5.74) is 2.07. The fraction of sp³-hybridized carbons (Fsp3) is 0.273. The van der Waals surface area contributed by atoms with Crippen molar-refractivity contribution < 1.29 is 14.4 Å². The van der Waals surface area contributed by atoms with Crippen molar-refractivity contribution in [2.45, 2.75) is 38.3 Å². The van der Waals surface area contributed by atoms with E-state index in [1.165, 1.54) is 5.01 Å². The molecule has 4 rings (SSSR count). The van der Waals surface area contributed by atoms with Gasteiger partial charge in [0.05, 0.1) is 17.8 Å². The molecule has 0 aromatic heterocycles. The number of hydrogen-bond acceptors (Lipinski definition) is 4. The summed E-state index contributed by atoms with van der Waals surface area (Å²) in [6, 6.07) is 16.6. The number of rotatable bonds is 6. The minimum absolute atomic E-state index is 0.116. The highest BCUT2D eigenvalue weighted by molar-refractivity contribution is 6.43. The fourth-order valence-corrected chi connectivity index (χ4v) is 3.12. The third-order valence-electron chi connectivity index (χ3n) is 4.87.